The molecule has 0 aromatic heterocycles. The van der Waals surface area contributed by atoms with Gasteiger partial charge in [0.1, 0.15) is 0 Å². The highest BCUT2D eigenvalue weighted by Crippen LogP contribution is 2.08. The van der Waals surface area contributed by atoms with Crippen LogP contribution in [0.1, 0.15) is 25.8 Å². The molecule has 1 aromatic carbocycles. The lowest BCUT2D eigenvalue weighted by atomic mass is 10.0. The summed E-state index contributed by atoms with van der Waals surface area (Å²) in [6.45, 7) is 4.94. The molecule has 1 atom stereocenters. The fraction of sp³-hybridized carbons (Fsp3) is 0.500. The summed E-state index contributed by atoms with van der Waals surface area (Å²) < 4.78 is 0. The number of rotatable bonds is 6. The normalized spacial score (nSPS) is 12.4. The van der Waals surface area contributed by atoms with Gasteiger partial charge in [0.25, 0.3) is 0 Å². The third kappa shape index (κ3) is 5.19. The minimum atomic E-state index is -0.918. The number of hydrogen-bond acceptors (Lipinski definition) is 2. The van der Waals surface area contributed by atoms with Crippen LogP contribution in [0.2, 0.25) is 0 Å². The number of carboxylic acid groups (broad SMARTS) is 1. The Labute approximate surface area is 108 Å². The standard InChI is InChI=1S/C14H22N2O2/c1-11(2)8-13(15)10-16(14(17)18)9-12-6-4-3-5-7-12/h3-7,11,13H,8-10,15H2,1-2H3,(H,17,18). The Balaban J connectivity index is 2.58. The Bertz CT molecular complexity index is 365. The van der Waals surface area contributed by atoms with E-state index in [1.54, 1.807) is 0 Å². The number of nitrogens with zero attached hydrogens (tertiary/aromatic N) is 1. The maximum atomic E-state index is 11.2. The van der Waals surface area contributed by atoms with Gasteiger partial charge in [-0.3, -0.25) is 0 Å². The van der Waals surface area contributed by atoms with Crippen molar-refractivity contribution in [2.24, 2.45) is 11.7 Å². The third-order valence-corrected chi connectivity index (χ3v) is 2.72. The van der Waals surface area contributed by atoms with Crippen LogP contribution in [-0.2, 0) is 6.54 Å². The van der Waals surface area contributed by atoms with E-state index in [0.29, 0.717) is 19.0 Å². The molecule has 0 aliphatic carbocycles. The topological polar surface area (TPSA) is 66.6 Å². The minimum absolute atomic E-state index is 0.107. The number of amides is 1. The first-order chi connectivity index (χ1) is 8.49. The number of hydrogen-bond donors (Lipinski definition) is 2. The van der Waals surface area contributed by atoms with Crippen LogP contribution in [0.3, 0.4) is 0 Å². The molecule has 18 heavy (non-hydrogen) atoms. The Morgan fingerprint density at radius 3 is 2.44 bits per heavy atom. The zero-order valence-corrected chi connectivity index (χ0v) is 11.0. The monoisotopic (exact) mass is 250 g/mol. The lowest BCUT2D eigenvalue weighted by molar-refractivity contribution is 0.137. The van der Waals surface area contributed by atoms with E-state index in [-0.39, 0.29) is 6.04 Å². The molecule has 100 valence electrons. The summed E-state index contributed by atoms with van der Waals surface area (Å²) in [4.78, 5) is 12.6. The van der Waals surface area contributed by atoms with Gasteiger partial charge in [0, 0.05) is 19.1 Å². The molecule has 0 saturated carbocycles. The smallest absolute Gasteiger partial charge is 0.407 e. The average molecular weight is 250 g/mol. The van der Waals surface area contributed by atoms with Crippen molar-refractivity contribution in [2.45, 2.75) is 32.9 Å². The largest absolute Gasteiger partial charge is 0.465 e. The summed E-state index contributed by atoms with van der Waals surface area (Å²) in [7, 11) is 0. The van der Waals surface area contributed by atoms with Crippen molar-refractivity contribution in [3.63, 3.8) is 0 Å². The molecule has 0 spiro atoms. The first-order valence-corrected chi connectivity index (χ1v) is 6.26. The van der Waals surface area contributed by atoms with Gasteiger partial charge in [-0.15, -0.1) is 0 Å². The highest BCUT2D eigenvalue weighted by Gasteiger charge is 2.16. The van der Waals surface area contributed by atoms with Gasteiger partial charge in [-0.25, -0.2) is 4.79 Å². The summed E-state index contributed by atoms with van der Waals surface area (Å²) in [5.41, 5.74) is 6.94. The van der Waals surface area contributed by atoms with Crippen LogP contribution in [0.25, 0.3) is 0 Å². The quantitative estimate of drug-likeness (QED) is 0.815. The molecule has 0 fully saturated rings. The van der Waals surface area contributed by atoms with Crippen LogP contribution in [0.4, 0.5) is 4.79 Å². The molecule has 0 heterocycles. The van der Waals surface area contributed by atoms with Gasteiger partial charge in [-0.05, 0) is 17.9 Å². The van der Waals surface area contributed by atoms with Crippen molar-refractivity contribution in [3.05, 3.63) is 35.9 Å². The SMILES string of the molecule is CC(C)CC(N)CN(Cc1ccccc1)C(=O)O. The molecule has 0 saturated heterocycles. The Morgan fingerprint density at radius 2 is 1.94 bits per heavy atom. The fourth-order valence-electron chi connectivity index (χ4n) is 1.98. The van der Waals surface area contributed by atoms with Gasteiger partial charge in [0.2, 0.25) is 0 Å². The van der Waals surface area contributed by atoms with Crippen molar-refractivity contribution in [1.82, 2.24) is 4.90 Å². The van der Waals surface area contributed by atoms with E-state index >= 15 is 0 Å². The number of carbonyl (C=O) groups is 1. The van der Waals surface area contributed by atoms with Gasteiger partial charge in [-0.1, -0.05) is 44.2 Å². The van der Waals surface area contributed by atoms with E-state index in [1.807, 2.05) is 30.3 Å². The molecule has 1 amide bonds. The molecule has 1 aromatic rings. The predicted molar refractivity (Wildman–Crippen MR) is 72.3 cm³/mol. The van der Waals surface area contributed by atoms with Crippen molar-refractivity contribution < 1.29 is 9.90 Å². The highest BCUT2D eigenvalue weighted by molar-refractivity contribution is 5.65. The van der Waals surface area contributed by atoms with Crippen molar-refractivity contribution in [2.75, 3.05) is 6.54 Å². The van der Waals surface area contributed by atoms with Crippen LogP contribution >= 0.6 is 0 Å². The summed E-state index contributed by atoms with van der Waals surface area (Å²) in [6, 6.07) is 9.46. The average Bonchev–Trinajstić information content (AvgIpc) is 2.28. The maximum Gasteiger partial charge on any atom is 0.407 e. The number of nitrogens with two attached hydrogens (primary N) is 1. The second-order valence-electron chi connectivity index (χ2n) is 5.04. The van der Waals surface area contributed by atoms with E-state index in [0.717, 1.165) is 12.0 Å². The zero-order chi connectivity index (χ0) is 13.5. The Hall–Kier alpha value is -1.55. The second-order valence-corrected chi connectivity index (χ2v) is 5.04. The van der Waals surface area contributed by atoms with Gasteiger partial charge < -0.3 is 15.7 Å². The van der Waals surface area contributed by atoms with Gasteiger partial charge in [0.05, 0.1) is 0 Å². The minimum Gasteiger partial charge on any atom is -0.465 e. The summed E-state index contributed by atoms with van der Waals surface area (Å²) in [5, 5.41) is 9.19. The molecule has 4 heteroatoms. The molecule has 4 nitrogen and oxygen atoms in total. The predicted octanol–water partition coefficient (Wildman–Crippen LogP) is 2.54. The Kier molecular flexibility index (Phi) is 5.65. The molecular weight excluding hydrogens is 228 g/mol. The van der Waals surface area contributed by atoms with E-state index < -0.39 is 6.09 Å². The first kappa shape index (κ1) is 14.5. The van der Waals surface area contributed by atoms with Crippen LogP contribution in [0.15, 0.2) is 30.3 Å². The fourth-order valence-corrected chi connectivity index (χ4v) is 1.98. The highest BCUT2D eigenvalue weighted by atomic mass is 16.4. The van der Waals surface area contributed by atoms with Gasteiger partial charge >= 0.3 is 6.09 Å². The molecule has 0 radical (unpaired) electrons. The molecule has 3 N–H and O–H groups in total. The molecule has 0 bridgehead atoms. The first-order valence-electron chi connectivity index (χ1n) is 6.26. The molecule has 1 unspecified atom stereocenters. The van der Waals surface area contributed by atoms with Crippen LogP contribution < -0.4 is 5.73 Å². The van der Waals surface area contributed by atoms with Crippen LogP contribution in [0.5, 0.6) is 0 Å². The zero-order valence-electron chi connectivity index (χ0n) is 11.0. The van der Waals surface area contributed by atoms with Crippen molar-refractivity contribution in [1.29, 1.82) is 0 Å². The maximum absolute atomic E-state index is 11.2. The molecule has 1 rings (SSSR count). The van der Waals surface area contributed by atoms with Crippen molar-refractivity contribution >= 4 is 6.09 Å². The van der Waals surface area contributed by atoms with E-state index in [2.05, 4.69) is 13.8 Å². The summed E-state index contributed by atoms with van der Waals surface area (Å²) in [5.74, 6) is 0.479. The van der Waals surface area contributed by atoms with E-state index in [1.165, 1.54) is 4.90 Å². The van der Waals surface area contributed by atoms with E-state index in [4.69, 9.17) is 5.73 Å². The molecular formula is C14H22N2O2. The van der Waals surface area contributed by atoms with Gasteiger partial charge in [0.15, 0.2) is 0 Å². The van der Waals surface area contributed by atoms with E-state index in [9.17, 15) is 9.90 Å². The molecule has 0 aliphatic rings. The summed E-state index contributed by atoms with van der Waals surface area (Å²) in [6.07, 6.45) is -0.0865. The van der Waals surface area contributed by atoms with Crippen LogP contribution in [-0.4, -0.2) is 28.7 Å². The Morgan fingerprint density at radius 1 is 1.33 bits per heavy atom. The lowest BCUT2D eigenvalue weighted by Crippen LogP contribution is -2.40. The number of benzene rings is 1. The second kappa shape index (κ2) is 7.01. The molecule has 0 aliphatic heterocycles. The lowest BCUT2D eigenvalue weighted by Gasteiger charge is -2.24. The van der Waals surface area contributed by atoms with Gasteiger partial charge in [-0.2, -0.15) is 0 Å². The third-order valence-electron chi connectivity index (χ3n) is 2.72. The summed E-state index contributed by atoms with van der Waals surface area (Å²) >= 11 is 0. The van der Waals surface area contributed by atoms with Crippen LogP contribution in [0, 0.1) is 5.92 Å². The van der Waals surface area contributed by atoms with Crippen molar-refractivity contribution in [3.8, 4) is 0 Å².